The lowest BCUT2D eigenvalue weighted by molar-refractivity contribution is -0.137. The van der Waals surface area contributed by atoms with Crippen molar-refractivity contribution >= 4 is 0 Å². The lowest BCUT2D eigenvalue weighted by Gasteiger charge is -2.16. The van der Waals surface area contributed by atoms with Crippen molar-refractivity contribution in [3.8, 4) is 5.75 Å². The molecule has 1 nitrogen and oxygen atoms in total. The molecule has 0 N–H and O–H groups in total. The van der Waals surface area contributed by atoms with Crippen LogP contribution < -0.4 is 4.74 Å². The fourth-order valence-corrected chi connectivity index (χ4v) is 1.41. The van der Waals surface area contributed by atoms with Gasteiger partial charge in [-0.25, -0.2) is 0 Å². The molecule has 0 aliphatic carbocycles. The molecule has 93 valence electrons. The Morgan fingerprint density at radius 2 is 2.06 bits per heavy atom. The zero-order chi connectivity index (χ0) is 13.1. The van der Waals surface area contributed by atoms with E-state index in [1.165, 1.54) is 12.1 Å². The minimum atomic E-state index is -4.35. The lowest BCUT2D eigenvalue weighted by atomic mass is 9.98. The molecule has 0 unspecified atom stereocenters. The molecule has 4 heteroatoms. The molecule has 0 aliphatic rings. The third-order valence-electron chi connectivity index (χ3n) is 2.34. The topological polar surface area (TPSA) is 9.23 Å². The zero-order valence-corrected chi connectivity index (χ0v) is 9.77. The van der Waals surface area contributed by atoms with Gasteiger partial charge in [0.1, 0.15) is 5.75 Å². The van der Waals surface area contributed by atoms with E-state index in [0.717, 1.165) is 12.1 Å². The quantitative estimate of drug-likeness (QED) is 0.768. The molecule has 0 amide bonds. The van der Waals surface area contributed by atoms with E-state index < -0.39 is 11.7 Å². The van der Waals surface area contributed by atoms with E-state index in [1.807, 2.05) is 0 Å². The lowest BCUT2D eigenvalue weighted by Crippen LogP contribution is -2.07. The average Bonchev–Trinajstić information content (AvgIpc) is 2.27. The van der Waals surface area contributed by atoms with Crippen molar-refractivity contribution in [3.63, 3.8) is 0 Å². The summed E-state index contributed by atoms with van der Waals surface area (Å²) in [7, 11) is 0. The summed E-state index contributed by atoms with van der Waals surface area (Å²) in [4.78, 5) is 0. The molecule has 1 radical (unpaired) electrons. The van der Waals surface area contributed by atoms with E-state index in [9.17, 15) is 13.2 Å². The van der Waals surface area contributed by atoms with E-state index in [0.29, 0.717) is 23.8 Å². The molecule has 0 heterocycles. The molecule has 0 atom stereocenters. The largest absolute Gasteiger partial charge is 0.494 e. The maximum atomic E-state index is 12.6. The number of benzene rings is 1. The number of allylic oxidation sites excluding steroid dienone is 1. The van der Waals surface area contributed by atoms with Crippen LogP contribution >= 0.6 is 0 Å². The molecule has 0 aromatic heterocycles. The predicted octanol–water partition coefficient (Wildman–Crippen LogP) is 4.23. The second kappa shape index (κ2) is 5.25. The van der Waals surface area contributed by atoms with E-state index in [2.05, 4.69) is 6.58 Å². The van der Waals surface area contributed by atoms with Crippen LogP contribution in [-0.4, -0.2) is 6.61 Å². The average molecular weight is 243 g/mol. The SMILES string of the molecule is C=C[C](C)c1cc(C(F)(F)F)ccc1OCC. The molecule has 0 spiro atoms. The summed E-state index contributed by atoms with van der Waals surface area (Å²) in [6.45, 7) is 7.44. The molecule has 0 saturated heterocycles. The minimum absolute atomic E-state index is 0.406. The van der Waals surface area contributed by atoms with E-state index in [-0.39, 0.29) is 0 Å². The van der Waals surface area contributed by atoms with Crippen LogP contribution in [0.15, 0.2) is 30.9 Å². The number of rotatable bonds is 4. The number of ether oxygens (including phenoxy) is 1. The molecule has 1 aromatic carbocycles. The first-order valence-corrected chi connectivity index (χ1v) is 5.20. The summed E-state index contributed by atoms with van der Waals surface area (Å²) < 4.78 is 43.0. The fraction of sp³-hybridized carbons (Fsp3) is 0.308. The van der Waals surface area contributed by atoms with Gasteiger partial charge in [0.15, 0.2) is 0 Å². The molecule has 1 aromatic rings. The Bertz CT molecular complexity index is 396. The molecule has 0 fully saturated rings. The van der Waals surface area contributed by atoms with Crippen LogP contribution in [0.25, 0.3) is 0 Å². The van der Waals surface area contributed by atoms with Crippen LogP contribution in [0.1, 0.15) is 25.0 Å². The van der Waals surface area contributed by atoms with Crippen molar-refractivity contribution in [2.24, 2.45) is 0 Å². The summed E-state index contributed by atoms with van der Waals surface area (Å²) >= 11 is 0. The standard InChI is InChI=1S/C13H14F3O/c1-4-9(3)11-8-10(13(14,15)16)6-7-12(11)17-5-2/h4,6-8H,1,5H2,2-3H3. The number of hydrogen-bond donors (Lipinski definition) is 0. The number of alkyl halides is 3. The summed E-state index contributed by atoms with van der Waals surface area (Å²) in [6.07, 6.45) is -2.83. The van der Waals surface area contributed by atoms with Crippen molar-refractivity contribution in [3.05, 3.63) is 47.9 Å². The van der Waals surface area contributed by atoms with Gasteiger partial charge in [0.25, 0.3) is 0 Å². The normalized spacial score (nSPS) is 11.6. The maximum absolute atomic E-state index is 12.6. The predicted molar refractivity (Wildman–Crippen MR) is 60.8 cm³/mol. The van der Waals surface area contributed by atoms with Gasteiger partial charge >= 0.3 is 6.18 Å². The van der Waals surface area contributed by atoms with Crippen LogP contribution in [0.2, 0.25) is 0 Å². The summed E-state index contributed by atoms with van der Waals surface area (Å²) in [5, 5.41) is 0. The van der Waals surface area contributed by atoms with E-state index in [1.54, 1.807) is 13.8 Å². The van der Waals surface area contributed by atoms with Crippen molar-refractivity contribution in [1.29, 1.82) is 0 Å². The highest BCUT2D eigenvalue weighted by Gasteiger charge is 2.31. The molecule has 17 heavy (non-hydrogen) atoms. The summed E-state index contributed by atoms with van der Waals surface area (Å²) in [5.74, 6) is 1.09. The third-order valence-corrected chi connectivity index (χ3v) is 2.34. The number of halogens is 3. The van der Waals surface area contributed by atoms with E-state index in [4.69, 9.17) is 4.74 Å². The molecular weight excluding hydrogens is 229 g/mol. The van der Waals surface area contributed by atoms with E-state index >= 15 is 0 Å². The van der Waals surface area contributed by atoms with Crippen LogP contribution in [0.4, 0.5) is 13.2 Å². The van der Waals surface area contributed by atoms with Gasteiger partial charge in [-0.05, 0) is 25.1 Å². The van der Waals surface area contributed by atoms with Gasteiger partial charge < -0.3 is 4.74 Å². The maximum Gasteiger partial charge on any atom is 0.416 e. The molecule has 0 bridgehead atoms. The summed E-state index contributed by atoms with van der Waals surface area (Å²) in [6, 6.07) is 3.45. The highest BCUT2D eigenvalue weighted by atomic mass is 19.4. The molecule has 0 aliphatic heterocycles. The Kier molecular flexibility index (Phi) is 4.21. The van der Waals surface area contributed by atoms with Crippen molar-refractivity contribution in [1.82, 2.24) is 0 Å². The number of hydrogen-bond acceptors (Lipinski definition) is 1. The van der Waals surface area contributed by atoms with Crippen LogP contribution in [0, 0.1) is 5.92 Å². The Morgan fingerprint density at radius 3 is 2.53 bits per heavy atom. The first kappa shape index (κ1) is 13.6. The van der Waals surface area contributed by atoms with Gasteiger partial charge in [-0.1, -0.05) is 13.0 Å². The Hall–Kier alpha value is -1.45. The van der Waals surface area contributed by atoms with Crippen molar-refractivity contribution in [2.75, 3.05) is 6.61 Å². The van der Waals surface area contributed by atoms with Crippen LogP contribution in [0.3, 0.4) is 0 Å². The minimum Gasteiger partial charge on any atom is -0.494 e. The first-order valence-electron chi connectivity index (χ1n) is 5.20. The molecule has 0 saturated carbocycles. The third kappa shape index (κ3) is 3.25. The van der Waals surface area contributed by atoms with Crippen molar-refractivity contribution in [2.45, 2.75) is 20.0 Å². The summed E-state index contributed by atoms with van der Waals surface area (Å²) in [5.41, 5.74) is -0.256. The van der Waals surface area contributed by atoms with Gasteiger partial charge in [0.05, 0.1) is 12.2 Å². The molecular formula is C13H14F3O. The zero-order valence-electron chi connectivity index (χ0n) is 9.77. The van der Waals surface area contributed by atoms with Gasteiger partial charge in [0.2, 0.25) is 0 Å². The monoisotopic (exact) mass is 243 g/mol. The van der Waals surface area contributed by atoms with Crippen LogP contribution in [-0.2, 0) is 6.18 Å². The second-order valence-electron chi connectivity index (χ2n) is 3.53. The Labute approximate surface area is 98.9 Å². The molecule has 1 rings (SSSR count). The van der Waals surface area contributed by atoms with Gasteiger partial charge in [-0.3, -0.25) is 0 Å². The fourth-order valence-electron chi connectivity index (χ4n) is 1.41. The second-order valence-corrected chi connectivity index (χ2v) is 3.53. The Morgan fingerprint density at radius 1 is 1.41 bits per heavy atom. The highest BCUT2D eigenvalue weighted by molar-refractivity contribution is 5.48. The van der Waals surface area contributed by atoms with Gasteiger partial charge in [-0.2, -0.15) is 13.2 Å². The Balaban J connectivity index is 3.23. The van der Waals surface area contributed by atoms with Crippen LogP contribution in [0.5, 0.6) is 5.75 Å². The van der Waals surface area contributed by atoms with Gasteiger partial charge in [0, 0.05) is 11.5 Å². The first-order chi connectivity index (χ1) is 7.90. The highest BCUT2D eigenvalue weighted by Crippen LogP contribution is 2.35. The van der Waals surface area contributed by atoms with Gasteiger partial charge in [-0.15, -0.1) is 6.58 Å². The smallest absolute Gasteiger partial charge is 0.416 e. The van der Waals surface area contributed by atoms with Crippen molar-refractivity contribution < 1.29 is 17.9 Å².